The predicted octanol–water partition coefficient (Wildman–Crippen LogP) is 1.78. The van der Waals surface area contributed by atoms with E-state index < -0.39 is 0 Å². The van der Waals surface area contributed by atoms with Crippen LogP contribution in [0, 0.1) is 0 Å². The molecule has 0 aromatic carbocycles. The van der Waals surface area contributed by atoms with Gasteiger partial charge in [-0.05, 0) is 25.7 Å². The van der Waals surface area contributed by atoms with Gasteiger partial charge in [-0.1, -0.05) is 6.92 Å². The van der Waals surface area contributed by atoms with Crippen molar-refractivity contribution >= 4 is 5.69 Å². The molecule has 1 aliphatic carbocycles. The molecule has 0 atom stereocenters. The van der Waals surface area contributed by atoms with Crippen molar-refractivity contribution in [1.82, 2.24) is 9.97 Å². The molecule has 0 aliphatic heterocycles. The molecule has 0 spiro atoms. The molecule has 1 aliphatic rings. The van der Waals surface area contributed by atoms with Crippen LogP contribution in [-0.4, -0.2) is 22.7 Å². The first-order valence-corrected chi connectivity index (χ1v) is 5.71. The third kappa shape index (κ3) is 2.35. The number of nitrogen functional groups attached to an aromatic ring is 1. The molecule has 0 saturated heterocycles. The summed E-state index contributed by atoms with van der Waals surface area (Å²) < 4.78 is 11.0. The van der Waals surface area contributed by atoms with Crippen molar-refractivity contribution in [2.24, 2.45) is 0 Å². The summed E-state index contributed by atoms with van der Waals surface area (Å²) in [5, 5.41) is 0. The zero-order chi connectivity index (χ0) is 11.4. The fraction of sp³-hybridized carbons (Fsp3) is 0.636. The van der Waals surface area contributed by atoms with E-state index in [1.807, 2.05) is 6.92 Å². The second-order valence-electron chi connectivity index (χ2n) is 3.92. The zero-order valence-corrected chi connectivity index (χ0v) is 9.48. The fourth-order valence-corrected chi connectivity index (χ4v) is 1.42. The minimum atomic E-state index is 0.260. The van der Waals surface area contributed by atoms with Crippen molar-refractivity contribution < 1.29 is 9.47 Å². The van der Waals surface area contributed by atoms with Gasteiger partial charge in [0, 0.05) is 0 Å². The van der Waals surface area contributed by atoms with Crippen molar-refractivity contribution in [2.45, 2.75) is 38.7 Å². The summed E-state index contributed by atoms with van der Waals surface area (Å²) in [7, 11) is 0. The Bertz CT molecular complexity index is 353. The van der Waals surface area contributed by atoms with E-state index in [0.717, 1.165) is 19.3 Å². The first kappa shape index (κ1) is 11.0. The van der Waals surface area contributed by atoms with Crippen LogP contribution in [0.4, 0.5) is 5.69 Å². The summed E-state index contributed by atoms with van der Waals surface area (Å²) in [6.45, 7) is 2.63. The molecule has 0 amide bonds. The number of aromatic nitrogens is 2. The van der Waals surface area contributed by atoms with Gasteiger partial charge in [0.05, 0.1) is 6.61 Å². The van der Waals surface area contributed by atoms with Gasteiger partial charge in [-0.15, -0.1) is 0 Å². The maximum absolute atomic E-state index is 5.88. The first-order chi connectivity index (χ1) is 7.81. The Labute approximate surface area is 95.0 Å². The van der Waals surface area contributed by atoms with E-state index in [-0.39, 0.29) is 6.10 Å². The maximum Gasteiger partial charge on any atom is 0.244 e. The molecule has 0 radical (unpaired) electrons. The molecule has 88 valence electrons. The molecule has 1 aromatic rings. The Hall–Kier alpha value is -1.52. The summed E-state index contributed by atoms with van der Waals surface area (Å²) >= 11 is 0. The normalized spacial score (nSPS) is 15.6. The van der Waals surface area contributed by atoms with Gasteiger partial charge in [0.25, 0.3) is 0 Å². The minimum Gasteiger partial charge on any atom is -0.476 e. The Kier molecular flexibility index (Phi) is 3.44. The van der Waals surface area contributed by atoms with Gasteiger partial charge in [-0.25, -0.2) is 0 Å². The number of nitrogens with zero attached hydrogens (tertiary/aromatic N) is 2. The van der Waals surface area contributed by atoms with Crippen LogP contribution in [0.15, 0.2) is 6.33 Å². The van der Waals surface area contributed by atoms with E-state index in [1.165, 1.54) is 12.7 Å². The Balaban J connectivity index is 2.05. The van der Waals surface area contributed by atoms with E-state index in [1.54, 1.807) is 0 Å². The highest BCUT2D eigenvalue weighted by Crippen LogP contribution is 2.31. The molecule has 5 nitrogen and oxygen atoms in total. The summed E-state index contributed by atoms with van der Waals surface area (Å²) in [6.07, 6.45) is 5.98. The van der Waals surface area contributed by atoms with Crippen LogP contribution in [0.1, 0.15) is 32.6 Å². The van der Waals surface area contributed by atoms with E-state index in [4.69, 9.17) is 15.2 Å². The van der Waals surface area contributed by atoms with Crippen LogP contribution in [0.25, 0.3) is 0 Å². The van der Waals surface area contributed by atoms with Crippen molar-refractivity contribution in [1.29, 1.82) is 0 Å². The SMILES string of the molecule is CCCOc1ncnc(OC2CCC2)c1N. The molecule has 1 saturated carbocycles. The lowest BCUT2D eigenvalue weighted by atomic mass is 9.96. The highest BCUT2D eigenvalue weighted by Gasteiger charge is 2.21. The molecule has 1 heterocycles. The van der Waals surface area contributed by atoms with Gasteiger partial charge in [0.15, 0.2) is 5.69 Å². The van der Waals surface area contributed by atoms with Gasteiger partial charge in [-0.2, -0.15) is 9.97 Å². The lowest BCUT2D eigenvalue weighted by Crippen LogP contribution is -2.25. The van der Waals surface area contributed by atoms with Gasteiger partial charge >= 0.3 is 0 Å². The molecular weight excluding hydrogens is 206 g/mol. The molecule has 16 heavy (non-hydrogen) atoms. The molecule has 1 aromatic heterocycles. The van der Waals surface area contributed by atoms with E-state index >= 15 is 0 Å². The molecule has 1 fully saturated rings. The first-order valence-electron chi connectivity index (χ1n) is 5.71. The maximum atomic E-state index is 5.88. The summed E-state index contributed by atoms with van der Waals surface area (Å²) in [5.74, 6) is 0.872. The third-order valence-corrected chi connectivity index (χ3v) is 2.58. The number of nitrogens with two attached hydrogens (primary N) is 1. The van der Waals surface area contributed by atoms with Gasteiger partial charge in [0.1, 0.15) is 12.4 Å². The topological polar surface area (TPSA) is 70.3 Å². The lowest BCUT2D eigenvalue weighted by Gasteiger charge is -2.26. The average molecular weight is 223 g/mol. The van der Waals surface area contributed by atoms with Crippen molar-refractivity contribution in [3.05, 3.63) is 6.33 Å². The van der Waals surface area contributed by atoms with Crippen molar-refractivity contribution in [3.8, 4) is 11.8 Å². The lowest BCUT2D eigenvalue weighted by molar-refractivity contribution is 0.115. The Morgan fingerprint density at radius 3 is 2.75 bits per heavy atom. The Morgan fingerprint density at radius 2 is 2.12 bits per heavy atom. The number of ether oxygens (including phenoxy) is 2. The van der Waals surface area contributed by atoms with Crippen LogP contribution in [0.5, 0.6) is 11.8 Å². The van der Waals surface area contributed by atoms with Gasteiger partial charge in [0.2, 0.25) is 11.8 Å². The second kappa shape index (κ2) is 5.01. The zero-order valence-electron chi connectivity index (χ0n) is 9.48. The quantitative estimate of drug-likeness (QED) is 0.823. The molecule has 0 bridgehead atoms. The highest BCUT2D eigenvalue weighted by atomic mass is 16.5. The molecule has 2 N–H and O–H groups in total. The largest absolute Gasteiger partial charge is 0.476 e. The summed E-state index contributed by atoms with van der Waals surface area (Å²) in [5.41, 5.74) is 6.28. The third-order valence-electron chi connectivity index (χ3n) is 2.58. The highest BCUT2D eigenvalue weighted by molar-refractivity contribution is 5.55. The average Bonchev–Trinajstić information content (AvgIpc) is 2.23. The smallest absolute Gasteiger partial charge is 0.244 e. The van der Waals surface area contributed by atoms with E-state index in [9.17, 15) is 0 Å². The van der Waals surface area contributed by atoms with E-state index in [0.29, 0.717) is 24.1 Å². The molecular formula is C11H17N3O2. The van der Waals surface area contributed by atoms with E-state index in [2.05, 4.69) is 9.97 Å². The number of hydrogen-bond donors (Lipinski definition) is 1. The summed E-state index contributed by atoms with van der Waals surface area (Å²) in [4.78, 5) is 8.02. The second-order valence-corrected chi connectivity index (χ2v) is 3.92. The monoisotopic (exact) mass is 223 g/mol. The Morgan fingerprint density at radius 1 is 1.38 bits per heavy atom. The summed E-state index contributed by atoms with van der Waals surface area (Å²) in [6, 6.07) is 0. The van der Waals surface area contributed by atoms with Crippen LogP contribution < -0.4 is 15.2 Å². The van der Waals surface area contributed by atoms with Crippen LogP contribution >= 0.6 is 0 Å². The molecule has 5 heteroatoms. The van der Waals surface area contributed by atoms with Crippen LogP contribution in [0.2, 0.25) is 0 Å². The number of rotatable bonds is 5. The van der Waals surface area contributed by atoms with Crippen molar-refractivity contribution in [2.75, 3.05) is 12.3 Å². The van der Waals surface area contributed by atoms with Crippen LogP contribution in [0.3, 0.4) is 0 Å². The van der Waals surface area contributed by atoms with Gasteiger partial charge < -0.3 is 15.2 Å². The molecule has 0 unspecified atom stereocenters. The standard InChI is InChI=1S/C11H17N3O2/c1-2-6-15-10-9(12)11(14-7-13-10)16-8-4-3-5-8/h7-8H,2-6,12H2,1H3. The predicted molar refractivity (Wildman–Crippen MR) is 60.5 cm³/mol. The fourth-order valence-electron chi connectivity index (χ4n) is 1.42. The van der Waals surface area contributed by atoms with Gasteiger partial charge in [-0.3, -0.25) is 0 Å². The minimum absolute atomic E-state index is 0.260. The van der Waals surface area contributed by atoms with Crippen LogP contribution in [-0.2, 0) is 0 Å². The number of hydrogen-bond acceptors (Lipinski definition) is 5. The van der Waals surface area contributed by atoms with Crippen molar-refractivity contribution in [3.63, 3.8) is 0 Å². The number of anilines is 1. The molecule has 2 rings (SSSR count).